The van der Waals surface area contributed by atoms with Crippen molar-refractivity contribution in [3.8, 4) is 11.3 Å². The van der Waals surface area contributed by atoms with E-state index in [4.69, 9.17) is 0 Å². The van der Waals surface area contributed by atoms with Gasteiger partial charge in [0.2, 0.25) is 0 Å². The highest BCUT2D eigenvalue weighted by Crippen LogP contribution is 2.33. The number of aromatic amines is 1. The van der Waals surface area contributed by atoms with Crippen molar-refractivity contribution in [3.05, 3.63) is 53.2 Å². The number of hydrogen-bond donors (Lipinski definition) is 2. The molecule has 1 aliphatic rings. The average Bonchev–Trinajstić information content (AvgIpc) is 3.41. The van der Waals surface area contributed by atoms with Crippen LogP contribution in [0.3, 0.4) is 0 Å². The van der Waals surface area contributed by atoms with Gasteiger partial charge in [-0.1, -0.05) is 6.07 Å². The standard InChI is InChI=1S/C19H17F3N4OS/c20-19(21,22)13-4-3-5-14(9-13)24-18-25-16(11-28-18)12-8-15(23-10-12)17(27)26-6-1-2-7-26/h3-5,8-11,23H,1-2,6-7H2,(H,24,25). The fraction of sp³-hybridized carbons (Fsp3) is 0.263. The predicted octanol–water partition coefficient (Wildman–Crippen LogP) is 5.14. The van der Waals surface area contributed by atoms with Crippen molar-refractivity contribution in [2.45, 2.75) is 19.0 Å². The summed E-state index contributed by atoms with van der Waals surface area (Å²) >= 11 is 1.28. The highest BCUT2D eigenvalue weighted by Gasteiger charge is 2.30. The molecule has 0 radical (unpaired) electrons. The van der Waals surface area contributed by atoms with E-state index < -0.39 is 11.7 Å². The van der Waals surface area contributed by atoms with E-state index in [1.807, 2.05) is 4.90 Å². The Morgan fingerprint density at radius 1 is 1.21 bits per heavy atom. The zero-order valence-corrected chi connectivity index (χ0v) is 15.5. The van der Waals surface area contributed by atoms with Crippen LogP contribution in [0.1, 0.15) is 28.9 Å². The lowest BCUT2D eigenvalue weighted by molar-refractivity contribution is -0.137. The minimum atomic E-state index is -4.39. The molecular weight excluding hydrogens is 389 g/mol. The summed E-state index contributed by atoms with van der Waals surface area (Å²) in [5, 5.41) is 5.17. The highest BCUT2D eigenvalue weighted by atomic mass is 32.1. The first-order chi connectivity index (χ1) is 13.4. The van der Waals surface area contributed by atoms with E-state index in [2.05, 4.69) is 15.3 Å². The van der Waals surface area contributed by atoms with E-state index in [1.54, 1.807) is 23.7 Å². The molecule has 0 saturated carbocycles. The fourth-order valence-corrected chi connectivity index (χ4v) is 3.86. The first-order valence-electron chi connectivity index (χ1n) is 8.78. The molecule has 1 aliphatic heterocycles. The number of rotatable bonds is 4. The average molecular weight is 406 g/mol. The first-order valence-corrected chi connectivity index (χ1v) is 9.66. The number of likely N-dealkylation sites (tertiary alicyclic amines) is 1. The van der Waals surface area contributed by atoms with Crippen LogP contribution in [0.2, 0.25) is 0 Å². The second-order valence-corrected chi connectivity index (χ2v) is 7.40. The normalized spacial score (nSPS) is 14.5. The van der Waals surface area contributed by atoms with Crippen LogP contribution in [-0.4, -0.2) is 33.9 Å². The Kier molecular flexibility index (Phi) is 4.84. The van der Waals surface area contributed by atoms with E-state index in [9.17, 15) is 18.0 Å². The van der Waals surface area contributed by atoms with Gasteiger partial charge in [-0.15, -0.1) is 11.3 Å². The zero-order chi connectivity index (χ0) is 19.7. The van der Waals surface area contributed by atoms with Gasteiger partial charge in [0.25, 0.3) is 5.91 Å². The largest absolute Gasteiger partial charge is 0.416 e. The molecule has 3 aromatic rings. The molecule has 0 unspecified atom stereocenters. The van der Waals surface area contributed by atoms with Crippen molar-refractivity contribution in [1.29, 1.82) is 0 Å². The topological polar surface area (TPSA) is 61.0 Å². The SMILES string of the molecule is O=C(c1cc(-c2csc(Nc3cccc(C(F)(F)F)c3)n2)c[nH]1)N1CCCC1. The molecule has 2 aromatic heterocycles. The minimum absolute atomic E-state index is 0.0266. The van der Waals surface area contributed by atoms with Gasteiger partial charge >= 0.3 is 6.18 Å². The van der Waals surface area contributed by atoms with Gasteiger partial charge in [-0.25, -0.2) is 4.98 Å². The van der Waals surface area contributed by atoms with Crippen molar-refractivity contribution in [3.63, 3.8) is 0 Å². The Morgan fingerprint density at radius 2 is 2.00 bits per heavy atom. The number of nitrogens with one attached hydrogen (secondary N) is 2. The Morgan fingerprint density at radius 3 is 2.75 bits per heavy atom. The molecule has 146 valence electrons. The number of benzene rings is 1. The summed E-state index contributed by atoms with van der Waals surface area (Å²) in [4.78, 5) is 21.7. The molecule has 4 rings (SSSR count). The number of carbonyl (C=O) groups excluding carboxylic acids is 1. The van der Waals surface area contributed by atoms with Crippen LogP contribution in [0.25, 0.3) is 11.3 Å². The molecule has 1 saturated heterocycles. The fourth-order valence-electron chi connectivity index (χ4n) is 3.12. The van der Waals surface area contributed by atoms with Crippen LogP contribution in [0, 0.1) is 0 Å². The third-order valence-electron chi connectivity index (χ3n) is 4.55. The van der Waals surface area contributed by atoms with Gasteiger partial charge in [0.15, 0.2) is 5.13 Å². The molecule has 0 aliphatic carbocycles. The van der Waals surface area contributed by atoms with Gasteiger partial charge in [-0.2, -0.15) is 13.2 Å². The maximum atomic E-state index is 12.8. The van der Waals surface area contributed by atoms with Crippen molar-refractivity contribution >= 4 is 28.1 Å². The number of H-pyrrole nitrogens is 1. The molecule has 1 aromatic carbocycles. The summed E-state index contributed by atoms with van der Waals surface area (Å²) in [5.74, 6) is -0.0266. The number of aromatic nitrogens is 2. The van der Waals surface area contributed by atoms with E-state index in [0.717, 1.165) is 43.6 Å². The summed E-state index contributed by atoms with van der Waals surface area (Å²) < 4.78 is 38.5. The quantitative estimate of drug-likeness (QED) is 0.631. The number of amides is 1. The lowest BCUT2D eigenvalue weighted by Gasteiger charge is -2.13. The van der Waals surface area contributed by atoms with Crippen LogP contribution in [-0.2, 0) is 6.18 Å². The Bertz CT molecular complexity index is 989. The molecule has 0 atom stereocenters. The number of alkyl halides is 3. The Hall–Kier alpha value is -2.81. The number of thiazole rings is 1. The lowest BCUT2D eigenvalue weighted by atomic mass is 10.2. The van der Waals surface area contributed by atoms with E-state index in [0.29, 0.717) is 22.2 Å². The van der Waals surface area contributed by atoms with Crippen LogP contribution in [0.4, 0.5) is 24.0 Å². The van der Waals surface area contributed by atoms with Crippen molar-refractivity contribution < 1.29 is 18.0 Å². The van der Waals surface area contributed by atoms with Crippen molar-refractivity contribution in [1.82, 2.24) is 14.9 Å². The zero-order valence-electron chi connectivity index (χ0n) is 14.7. The van der Waals surface area contributed by atoms with Crippen LogP contribution in [0.15, 0.2) is 41.9 Å². The van der Waals surface area contributed by atoms with Gasteiger partial charge in [0.05, 0.1) is 11.3 Å². The molecular formula is C19H17F3N4OS. The van der Waals surface area contributed by atoms with Crippen LogP contribution < -0.4 is 5.32 Å². The molecule has 0 bridgehead atoms. The molecule has 5 nitrogen and oxygen atoms in total. The van der Waals surface area contributed by atoms with Crippen LogP contribution in [0.5, 0.6) is 0 Å². The molecule has 28 heavy (non-hydrogen) atoms. The maximum absolute atomic E-state index is 12.8. The highest BCUT2D eigenvalue weighted by molar-refractivity contribution is 7.14. The summed E-state index contributed by atoms with van der Waals surface area (Å²) in [5.41, 5.74) is 1.52. The number of carbonyl (C=O) groups is 1. The molecule has 0 spiro atoms. The van der Waals surface area contributed by atoms with Gasteiger partial charge in [0.1, 0.15) is 5.69 Å². The number of anilines is 2. The summed E-state index contributed by atoms with van der Waals surface area (Å²) in [6.45, 7) is 1.55. The summed E-state index contributed by atoms with van der Waals surface area (Å²) in [7, 11) is 0. The van der Waals surface area contributed by atoms with Crippen LogP contribution >= 0.6 is 11.3 Å². The van der Waals surface area contributed by atoms with Crippen molar-refractivity contribution in [2.24, 2.45) is 0 Å². The van der Waals surface area contributed by atoms with E-state index in [1.165, 1.54) is 17.4 Å². The number of nitrogens with zero attached hydrogens (tertiary/aromatic N) is 2. The Balaban J connectivity index is 1.48. The number of halogens is 3. The van der Waals surface area contributed by atoms with Gasteiger partial charge in [0, 0.05) is 35.9 Å². The minimum Gasteiger partial charge on any atom is -0.357 e. The second kappa shape index (κ2) is 7.31. The molecule has 2 N–H and O–H groups in total. The van der Waals surface area contributed by atoms with Gasteiger partial charge in [-0.3, -0.25) is 4.79 Å². The molecule has 1 amide bonds. The van der Waals surface area contributed by atoms with E-state index in [-0.39, 0.29) is 5.91 Å². The predicted molar refractivity (Wildman–Crippen MR) is 102 cm³/mol. The third-order valence-corrected chi connectivity index (χ3v) is 5.31. The molecule has 9 heteroatoms. The van der Waals surface area contributed by atoms with Gasteiger partial charge < -0.3 is 15.2 Å². The van der Waals surface area contributed by atoms with Crippen molar-refractivity contribution in [2.75, 3.05) is 18.4 Å². The van der Waals surface area contributed by atoms with E-state index >= 15 is 0 Å². The maximum Gasteiger partial charge on any atom is 0.416 e. The smallest absolute Gasteiger partial charge is 0.357 e. The summed E-state index contributed by atoms with van der Waals surface area (Å²) in [6, 6.07) is 6.73. The summed E-state index contributed by atoms with van der Waals surface area (Å²) in [6.07, 6.45) is -0.631. The first kappa shape index (κ1) is 18.5. The molecule has 3 heterocycles. The second-order valence-electron chi connectivity index (χ2n) is 6.54. The third kappa shape index (κ3) is 3.89. The monoisotopic (exact) mass is 406 g/mol. The number of hydrogen-bond acceptors (Lipinski definition) is 4. The van der Waals surface area contributed by atoms with Gasteiger partial charge in [-0.05, 0) is 37.1 Å². The Labute approximate surface area is 163 Å². The molecule has 1 fully saturated rings. The lowest BCUT2D eigenvalue weighted by Crippen LogP contribution is -2.27.